The van der Waals surface area contributed by atoms with E-state index in [-0.39, 0.29) is 18.4 Å². The fourth-order valence-corrected chi connectivity index (χ4v) is 1.56. The maximum Gasteiger partial charge on any atom is 0.337 e. The van der Waals surface area contributed by atoms with Crippen molar-refractivity contribution in [1.29, 1.82) is 0 Å². The van der Waals surface area contributed by atoms with Crippen LogP contribution in [0, 0.1) is 0 Å². The molecule has 1 amide bonds. The number of anilines is 2. The number of nitrogens with two attached hydrogens (primary N) is 2. The molecule has 98 valence electrons. The van der Waals surface area contributed by atoms with E-state index in [0.717, 1.165) is 0 Å². The molecule has 0 saturated heterocycles. The Kier molecular flexibility index (Phi) is 4.53. The number of carbonyl (C=O) groups excluding carboxylic acids is 2. The van der Waals surface area contributed by atoms with E-state index in [1.165, 1.54) is 13.2 Å². The lowest BCUT2D eigenvalue weighted by atomic mass is 10.1. The fraction of sp³-hybridized carbons (Fsp3) is 0.333. The summed E-state index contributed by atoms with van der Waals surface area (Å²) < 4.78 is 4.59. The van der Waals surface area contributed by atoms with Crippen LogP contribution in [0.3, 0.4) is 0 Å². The van der Waals surface area contributed by atoms with E-state index in [0.29, 0.717) is 16.9 Å². The lowest BCUT2D eigenvalue weighted by Crippen LogP contribution is -2.24. The van der Waals surface area contributed by atoms with E-state index in [1.807, 2.05) is 6.92 Å². The second-order valence-corrected chi connectivity index (χ2v) is 4.01. The fourth-order valence-electron chi connectivity index (χ4n) is 1.56. The van der Waals surface area contributed by atoms with Gasteiger partial charge in [0.05, 0.1) is 24.0 Å². The summed E-state index contributed by atoms with van der Waals surface area (Å²) in [5.74, 6) is -0.835. The van der Waals surface area contributed by atoms with Crippen molar-refractivity contribution < 1.29 is 14.3 Å². The Hall–Kier alpha value is -2.24. The highest BCUT2D eigenvalue weighted by atomic mass is 16.5. The minimum absolute atomic E-state index is 0.131. The molecule has 0 heterocycles. The SMILES string of the molecule is COC(=O)c1ccc(NC(C)CC(N)=O)c(N)c1. The number of primary amides is 1. The van der Waals surface area contributed by atoms with Gasteiger partial charge in [-0.15, -0.1) is 0 Å². The molecule has 0 spiro atoms. The summed E-state index contributed by atoms with van der Waals surface area (Å²) in [5.41, 5.74) is 12.3. The molecule has 0 fully saturated rings. The first-order valence-electron chi connectivity index (χ1n) is 5.46. The smallest absolute Gasteiger partial charge is 0.337 e. The molecule has 6 nitrogen and oxygen atoms in total. The van der Waals surface area contributed by atoms with Gasteiger partial charge in [0.1, 0.15) is 0 Å². The van der Waals surface area contributed by atoms with Gasteiger partial charge in [0.25, 0.3) is 0 Å². The number of rotatable bonds is 5. The summed E-state index contributed by atoms with van der Waals surface area (Å²) >= 11 is 0. The lowest BCUT2D eigenvalue weighted by Gasteiger charge is -2.15. The number of hydrogen-bond acceptors (Lipinski definition) is 5. The van der Waals surface area contributed by atoms with Crippen molar-refractivity contribution >= 4 is 23.3 Å². The monoisotopic (exact) mass is 251 g/mol. The number of methoxy groups -OCH3 is 1. The zero-order valence-electron chi connectivity index (χ0n) is 10.4. The summed E-state index contributed by atoms with van der Waals surface area (Å²) in [7, 11) is 1.31. The van der Waals surface area contributed by atoms with E-state index < -0.39 is 5.97 Å². The van der Waals surface area contributed by atoms with Crippen LogP contribution in [-0.4, -0.2) is 25.0 Å². The molecule has 0 aliphatic heterocycles. The number of benzene rings is 1. The Morgan fingerprint density at radius 2 is 2.11 bits per heavy atom. The van der Waals surface area contributed by atoms with Gasteiger partial charge in [-0.25, -0.2) is 4.79 Å². The van der Waals surface area contributed by atoms with E-state index in [4.69, 9.17) is 11.5 Å². The van der Waals surface area contributed by atoms with Gasteiger partial charge in [0.2, 0.25) is 5.91 Å². The Morgan fingerprint density at radius 3 is 2.61 bits per heavy atom. The molecule has 1 rings (SSSR count). The van der Waals surface area contributed by atoms with Crippen molar-refractivity contribution in [3.05, 3.63) is 23.8 Å². The lowest BCUT2D eigenvalue weighted by molar-refractivity contribution is -0.118. The molecule has 0 saturated carbocycles. The number of hydrogen-bond donors (Lipinski definition) is 3. The minimum Gasteiger partial charge on any atom is -0.465 e. The normalized spacial score (nSPS) is 11.7. The molecule has 18 heavy (non-hydrogen) atoms. The van der Waals surface area contributed by atoms with Gasteiger partial charge in [0.15, 0.2) is 0 Å². The van der Waals surface area contributed by atoms with Crippen LogP contribution >= 0.6 is 0 Å². The van der Waals surface area contributed by atoms with E-state index in [9.17, 15) is 9.59 Å². The average Bonchev–Trinajstić information content (AvgIpc) is 2.29. The highest BCUT2D eigenvalue weighted by Gasteiger charge is 2.10. The largest absolute Gasteiger partial charge is 0.465 e. The zero-order chi connectivity index (χ0) is 13.7. The van der Waals surface area contributed by atoms with E-state index in [2.05, 4.69) is 10.1 Å². The molecule has 0 aromatic heterocycles. The van der Waals surface area contributed by atoms with Gasteiger partial charge in [-0.1, -0.05) is 0 Å². The number of nitrogen functional groups attached to an aromatic ring is 1. The molecule has 0 aliphatic rings. The number of esters is 1. The van der Waals surface area contributed by atoms with Crippen molar-refractivity contribution in [2.24, 2.45) is 5.73 Å². The van der Waals surface area contributed by atoms with Crippen LogP contribution in [-0.2, 0) is 9.53 Å². The van der Waals surface area contributed by atoms with Gasteiger partial charge in [-0.05, 0) is 25.1 Å². The van der Waals surface area contributed by atoms with Gasteiger partial charge in [-0.2, -0.15) is 0 Å². The summed E-state index contributed by atoms with van der Waals surface area (Å²) in [6, 6.07) is 4.65. The topological polar surface area (TPSA) is 107 Å². The first kappa shape index (κ1) is 13.8. The van der Waals surface area contributed by atoms with E-state index >= 15 is 0 Å². The van der Waals surface area contributed by atoms with Gasteiger partial charge in [0, 0.05) is 12.5 Å². The summed E-state index contributed by atoms with van der Waals surface area (Å²) in [4.78, 5) is 22.0. The van der Waals surface area contributed by atoms with Crippen LogP contribution in [0.15, 0.2) is 18.2 Å². The standard InChI is InChI=1S/C12H17N3O3/c1-7(5-11(14)16)15-10-4-3-8(6-9(10)13)12(17)18-2/h3-4,6-7,15H,5,13H2,1-2H3,(H2,14,16). The molecule has 1 unspecified atom stereocenters. The van der Waals surface area contributed by atoms with E-state index in [1.54, 1.807) is 12.1 Å². The van der Waals surface area contributed by atoms with Crippen molar-refractivity contribution in [2.75, 3.05) is 18.2 Å². The van der Waals surface area contributed by atoms with Gasteiger partial charge >= 0.3 is 5.97 Å². The molecule has 1 aromatic carbocycles. The Bertz CT molecular complexity index is 460. The third kappa shape index (κ3) is 3.65. The second kappa shape index (κ2) is 5.90. The number of amides is 1. The summed E-state index contributed by atoms with van der Waals surface area (Å²) in [6.45, 7) is 1.82. The molecule has 1 atom stereocenters. The van der Waals surface area contributed by atoms with Crippen LogP contribution < -0.4 is 16.8 Å². The van der Waals surface area contributed by atoms with Gasteiger partial charge < -0.3 is 21.5 Å². The number of ether oxygens (including phenoxy) is 1. The van der Waals surface area contributed by atoms with Crippen molar-refractivity contribution in [3.63, 3.8) is 0 Å². The van der Waals surface area contributed by atoms with Crippen LogP contribution in [0.4, 0.5) is 11.4 Å². The zero-order valence-corrected chi connectivity index (χ0v) is 10.4. The molecule has 0 radical (unpaired) electrons. The summed E-state index contributed by atoms with van der Waals surface area (Å²) in [6.07, 6.45) is 0.207. The van der Waals surface area contributed by atoms with Gasteiger partial charge in [-0.3, -0.25) is 4.79 Å². The van der Waals surface area contributed by atoms with Crippen LogP contribution in [0.25, 0.3) is 0 Å². The minimum atomic E-state index is -0.446. The molecule has 5 N–H and O–H groups in total. The average molecular weight is 251 g/mol. The number of nitrogens with one attached hydrogen (secondary N) is 1. The predicted molar refractivity (Wildman–Crippen MR) is 69.1 cm³/mol. The van der Waals surface area contributed by atoms with Crippen LogP contribution in [0.1, 0.15) is 23.7 Å². The molecular formula is C12H17N3O3. The third-order valence-corrected chi connectivity index (χ3v) is 2.38. The van der Waals surface area contributed by atoms with Crippen LogP contribution in [0.2, 0.25) is 0 Å². The highest BCUT2D eigenvalue weighted by molar-refractivity contribution is 5.91. The van der Waals surface area contributed by atoms with Crippen LogP contribution in [0.5, 0.6) is 0 Å². The quantitative estimate of drug-likeness (QED) is 0.528. The molecular weight excluding hydrogens is 234 g/mol. The van der Waals surface area contributed by atoms with Crippen molar-refractivity contribution in [2.45, 2.75) is 19.4 Å². The molecule has 0 bridgehead atoms. The number of carbonyl (C=O) groups is 2. The maximum atomic E-state index is 11.3. The molecule has 1 aromatic rings. The Balaban J connectivity index is 2.79. The third-order valence-electron chi connectivity index (χ3n) is 2.38. The predicted octanol–water partition coefficient (Wildman–Crippen LogP) is 0.731. The highest BCUT2D eigenvalue weighted by Crippen LogP contribution is 2.21. The summed E-state index contributed by atoms with van der Waals surface area (Å²) in [5, 5.41) is 3.05. The first-order chi connectivity index (χ1) is 8.43. The second-order valence-electron chi connectivity index (χ2n) is 4.01. The van der Waals surface area contributed by atoms with Crippen molar-refractivity contribution in [1.82, 2.24) is 0 Å². The molecule has 0 aliphatic carbocycles. The Labute approximate surface area is 105 Å². The van der Waals surface area contributed by atoms with Crippen molar-refractivity contribution in [3.8, 4) is 0 Å². The maximum absolute atomic E-state index is 11.3. The molecule has 6 heteroatoms. The first-order valence-corrected chi connectivity index (χ1v) is 5.46. The Morgan fingerprint density at radius 1 is 1.44 bits per heavy atom.